The zero-order valence-corrected chi connectivity index (χ0v) is 18.9. The van der Waals surface area contributed by atoms with Crippen LogP contribution in [0.25, 0.3) is 0 Å². The summed E-state index contributed by atoms with van der Waals surface area (Å²) in [6.07, 6.45) is 2.70. The lowest BCUT2D eigenvalue weighted by molar-refractivity contribution is 0.204. The number of nitrogens with zero attached hydrogens (tertiary/aromatic N) is 1. The molecule has 0 saturated carbocycles. The van der Waals surface area contributed by atoms with E-state index in [1.165, 1.54) is 36.4 Å². The molecule has 0 bridgehead atoms. The molecular formula is C19H23BrN2O4S2. The molecule has 9 heteroatoms. The van der Waals surface area contributed by atoms with Crippen LogP contribution in [-0.4, -0.2) is 33.2 Å². The Hall–Kier alpha value is -1.42. The molecular weight excluding hydrogens is 464 g/mol. The first-order chi connectivity index (χ1) is 13.1. The average molecular weight is 487 g/mol. The van der Waals surface area contributed by atoms with E-state index in [-0.39, 0.29) is 21.9 Å². The zero-order chi connectivity index (χ0) is 20.5. The van der Waals surface area contributed by atoms with Crippen LogP contribution in [0.3, 0.4) is 0 Å². The van der Waals surface area contributed by atoms with Crippen molar-refractivity contribution >= 4 is 41.7 Å². The summed E-state index contributed by atoms with van der Waals surface area (Å²) in [5, 5.41) is 0. The molecule has 152 valence electrons. The number of hydrogen-bond donors (Lipinski definition) is 1. The van der Waals surface area contributed by atoms with Crippen LogP contribution in [0, 0.1) is 0 Å². The van der Waals surface area contributed by atoms with Crippen LogP contribution < -0.4 is 4.72 Å². The molecule has 1 aliphatic rings. The van der Waals surface area contributed by atoms with E-state index in [9.17, 15) is 16.8 Å². The van der Waals surface area contributed by atoms with E-state index >= 15 is 0 Å². The Kier molecular flexibility index (Phi) is 6.19. The van der Waals surface area contributed by atoms with Crippen LogP contribution in [0.15, 0.2) is 62.8 Å². The highest BCUT2D eigenvalue weighted by molar-refractivity contribution is 9.10. The molecule has 1 heterocycles. The molecule has 28 heavy (non-hydrogen) atoms. The first kappa shape index (κ1) is 21.3. The van der Waals surface area contributed by atoms with Gasteiger partial charge in [0, 0.05) is 22.2 Å². The third-order valence-corrected chi connectivity index (χ3v) is 8.99. The van der Waals surface area contributed by atoms with E-state index in [1.807, 2.05) is 13.8 Å². The van der Waals surface area contributed by atoms with Crippen molar-refractivity contribution in [2.75, 3.05) is 4.72 Å². The molecule has 1 N–H and O–H groups in total. The van der Waals surface area contributed by atoms with E-state index in [4.69, 9.17) is 0 Å². The van der Waals surface area contributed by atoms with Gasteiger partial charge in [-0.25, -0.2) is 16.8 Å². The van der Waals surface area contributed by atoms with E-state index < -0.39 is 20.0 Å². The van der Waals surface area contributed by atoms with Gasteiger partial charge in [-0.2, -0.15) is 4.31 Å². The van der Waals surface area contributed by atoms with Crippen LogP contribution in [0.2, 0.25) is 0 Å². The molecule has 1 saturated heterocycles. The number of rotatable bonds is 5. The van der Waals surface area contributed by atoms with Crippen LogP contribution in [-0.2, 0) is 20.0 Å². The highest BCUT2D eigenvalue weighted by Crippen LogP contribution is 2.30. The van der Waals surface area contributed by atoms with Gasteiger partial charge in [0.05, 0.1) is 9.79 Å². The van der Waals surface area contributed by atoms with Gasteiger partial charge in [-0.05, 0) is 75.2 Å². The lowest BCUT2D eigenvalue weighted by Crippen LogP contribution is -2.47. The molecule has 0 amide bonds. The fraction of sp³-hybridized carbons (Fsp3) is 0.368. The van der Waals surface area contributed by atoms with Gasteiger partial charge in [-0.3, -0.25) is 4.72 Å². The van der Waals surface area contributed by atoms with Crippen LogP contribution >= 0.6 is 15.9 Å². The minimum atomic E-state index is -3.75. The maximum absolute atomic E-state index is 13.0. The van der Waals surface area contributed by atoms with E-state index in [2.05, 4.69) is 20.7 Å². The Bertz CT molecular complexity index is 1030. The molecule has 0 aromatic heterocycles. The van der Waals surface area contributed by atoms with Gasteiger partial charge in [0.25, 0.3) is 10.0 Å². The number of nitrogens with one attached hydrogen (secondary N) is 1. The minimum absolute atomic E-state index is 0.0515. The SMILES string of the molecule is C[C@@H]1CCC[C@@H](C)N1S(=O)(=O)c1ccc(NS(=O)(=O)c2ccc(Br)cc2)cc1. The molecule has 0 aliphatic carbocycles. The summed E-state index contributed by atoms with van der Waals surface area (Å²) in [7, 11) is -7.37. The third-order valence-electron chi connectivity index (χ3n) is 4.92. The summed E-state index contributed by atoms with van der Waals surface area (Å²) in [5.41, 5.74) is 0.307. The summed E-state index contributed by atoms with van der Waals surface area (Å²) in [5.74, 6) is 0. The van der Waals surface area contributed by atoms with Gasteiger partial charge < -0.3 is 0 Å². The number of sulfonamides is 2. The number of anilines is 1. The van der Waals surface area contributed by atoms with Crippen molar-refractivity contribution in [1.82, 2.24) is 4.31 Å². The predicted molar refractivity (Wildman–Crippen MR) is 113 cm³/mol. The van der Waals surface area contributed by atoms with Crippen molar-refractivity contribution in [3.8, 4) is 0 Å². The molecule has 3 rings (SSSR count). The van der Waals surface area contributed by atoms with Crippen molar-refractivity contribution < 1.29 is 16.8 Å². The largest absolute Gasteiger partial charge is 0.280 e. The molecule has 1 fully saturated rings. The van der Waals surface area contributed by atoms with Gasteiger partial charge in [-0.1, -0.05) is 22.4 Å². The van der Waals surface area contributed by atoms with Crippen molar-refractivity contribution in [2.45, 2.75) is 55.0 Å². The Labute approximate surface area is 175 Å². The normalized spacial score (nSPS) is 21.4. The molecule has 1 aliphatic heterocycles. The molecule has 2 aromatic carbocycles. The van der Waals surface area contributed by atoms with Crippen molar-refractivity contribution in [1.29, 1.82) is 0 Å². The summed E-state index contributed by atoms with van der Waals surface area (Å²) in [6, 6.07) is 12.0. The summed E-state index contributed by atoms with van der Waals surface area (Å²) in [4.78, 5) is 0.294. The maximum atomic E-state index is 13.0. The quantitative estimate of drug-likeness (QED) is 0.685. The predicted octanol–water partition coefficient (Wildman–Crippen LogP) is 4.20. The Morgan fingerprint density at radius 2 is 1.36 bits per heavy atom. The topological polar surface area (TPSA) is 83.6 Å². The molecule has 6 nitrogen and oxygen atoms in total. The minimum Gasteiger partial charge on any atom is -0.280 e. The van der Waals surface area contributed by atoms with E-state index in [0.717, 1.165) is 23.7 Å². The molecule has 2 aromatic rings. The standard InChI is InChI=1S/C19H23BrN2O4S2/c1-14-4-3-5-15(2)22(14)28(25,26)19-12-8-17(9-13-19)21-27(23,24)18-10-6-16(20)7-11-18/h6-15,21H,3-5H2,1-2H3/t14-,15-/m1/s1. The van der Waals surface area contributed by atoms with Gasteiger partial charge >= 0.3 is 0 Å². The Morgan fingerprint density at radius 1 is 0.857 bits per heavy atom. The summed E-state index contributed by atoms with van der Waals surface area (Å²) < 4.78 is 55.9. The number of hydrogen-bond acceptors (Lipinski definition) is 4. The number of piperidine rings is 1. The molecule has 2 atom stereocenters. The lowest BCUT2D eigenvalue weighted by Gasteiger charge is -2.37. The smallest absolute Gasteiger partial charge is 0.261 e. The fourth-order valence-corrected chi connectivity index (χ4v) is 6.72. The molecule has 0 radical (unpaired) electrons. The van der Waals surface area contributed by atoms with Crippen molar-refractivity contribution in [3.05, 3.63) is 53.0 Å². The average Bonchev–Trinajstić information content (AvgIpc) is 2.62. The second kappa shape index (κ2) is 8.14. The van der Waals surface area contributed by atoms with E-state index in [1.54, 1.807) is 16.4 Å². The number of benzene rings is 2. The Balaban J connectivity index is 1.82. The Morgan fingerprint density at radius 3 is 1.89 bits per heavy atom. The maximum Gasteiger partial charge on any atom is 0.261 e. The van der Waals surface area contributed by atoms with Crippen molar-refractivity contribution in [3.63, 3.8) is 0 Å². The number of halogens is 1. The van der Waals surface area contributed by atoms with Crippen molar-refractivity contribution in [2.24, 2.45) is 0 Å². The summed E-state index contributed by atoms with van der Waals surface area (Å²) >= 11 is 3.27. The van der Waals surface area contributed by atoms with E-state index in [0.29, 0.717) is 5.69 Å². The lowest BCUT2D eigenvalue weighted by atomic mass is 10.0. The highest BCUT2D eigenvalue weighted by Gasteiger charge is 2.35. The van der Waals surface area contributed by atoms with Gasteiger partial charge in [0.1, 0.15) is 0 Å². The van der Waals surface area contributed by atoms with Crippen LogP contribution in [0.4, 0.5) is 5.69 Å². The second-order valence-corrected chi connectivity index (χ2v) is 11.5. The zero-order valence-electron chi connectivity index (χ0n) is 15.7. The first-order valence-electron chi connectivity index (χ1n) is 9.03. The van der Waals surface area contributed by atoms with Gasteiger partial charge in [0.2, 0.25) is 10.0 Å². The summed E-state index contributed by atoms with van der Waals surface area (Å²) in [6.45, 7) is 3.85. The van der Waals surface area contributed by atoms with Crippen LogP contribution in [0.1, 0.15) is 33.1 Å². The second-order valence-electron chi connectivity index (χ2n) is 7.05. The monoisotopic (exact) mass is 486 g/mol. The fourth-order valence-electron chi connectivity index (χ4n) is 3.52. The van der Waals surface area contributed by atoms with Crippen LogP contribution in [0.5, 0.6) is 0 Å². The van der Waals surface area contributed by atoms with Gasteiger partial charge in [-0.15, -0.1) is 0 Å². The molecule has 0 unspecified atom stereocenters. The first-order valence-corrected chi connectivity index (χ1v) is 12.7. The molecule has 0 spiro atoms. The highest BCUT2D eigenvalue weighted by atomic mass is 79.9. The van der Waals surface area contributed by atoms with Gasteiger partial charge in [0.15, 0.2) is 0 Å². The third kappa shape index (κ3) is 4.42.